The molecule has 0 radical (unpaired) electrons. The number of benzene rings is 2. The van der Waals surface area contributed by atoms with Crippen molar-refractivity contribution in [3.8, 4) is 5.75 Å². The molecule has 0 spiro atoms. The van der Waals surface area contributed by atoms with Crippen LogP contribution in [-0.4, -0.2) is 29.9 Å². The van der Waals surface area contributed by atoms with Crippen LogP contribution < -0.4 is 15.8 Å². The summed E-state index contributed by atoms with van der Waals surface area (Å²) in [5.41, 5.74) is 7.27. The van der Waals surface area contributed by atoms with Gasteiger partial charge in [-0.2, -0.15) is 0 Å². The first-order valence-electron chi connectivity index (χ1n) is 8.16. The highest BCUT2D eigenvalue weighted by molar-refractivity contribution is 6.06. The second kappa shape index (κ2) is 7.65. The number of nitrogens with one attached hydrogen (secondary N) is 1. The second-order valence-electron chi connectivity index (χ2n) is 5.83. The third-order valence-corrected chi connectivity index (χ3v) is 4.14. The fourth-order valence-electron chi connectivity index (χ4n) is 2.84. The molecule has 26 heavy (non-hydrogen) atoms. The van der Waals surface area contributed by atoms with Gasteiger partial charge in [-0.25, -0.2) is 0 Å². The van der Waals surface area contributed by atoms with E-state index in [2.05, 4.69) is 10.3 Å². The van der Waals surface area contributed by atoms with Gasteiger partial charge in [0.2, 0.25) is 5.91 Å². The van der Waals surface area contributed by atoms with E-state index >= 15 is 0 Å². The van der Waals surface area contributed by atoms with Gasteiger partial charge in [0.25, 0.3) is 5.91 Å². The highest BCUT2D eigenvalue weighted by Crippen LogP contribution is 2.20. The molecule has 0 bridgehead atoms. The van der Waals surface area contributed by atoms with Crippen molar-refractivity contribution in [1.82, 2.24) is 10.3 Å². The molecule has 0 saturated carbocycles. The monoisotopic (exact) mass is 349 g/mol. The van der Waals surface area contributed by atoms with Crippen molar-refractivity contribution in [3.63, 3.8) is 0 Å². The van der Waals surface area contributed by atoms with Gasteiger partial charge in [-0.05, 0) is 23.8 Å². The van der Waals surface area contributed by atoms with Crippen LogP contribution >= 0.6 is 0 Å². The number of carbonyl (C=O) groups is 2. The Balaban J connectivity index is 1.86. The fraction of sp³-hybridized carbons (Fsp3) is 0.150. The van der Waals surface area contributed by atoms with Crippen LogP contribution in [0.3, 0.4) is 0 Å². The SMILES string of the molecule is COc1ccccc1C[C@H](NC(=O)c1cccc2cccnc12)C(N)=O. The minimum absolute atomic E-state index is 0.239. The molecule has 132 valence electrons. The van der Waals surface area contributed by atoms with Gasteiger partial charge >= 0.3 is 0 Å². The molecule has 0 unspecified atom stereocenters. The molecular weight excluding hydrogens is 330 g/mol. The molecule has 6 nitrogen and oxygen atoms in total. The van der Waals surface area contributed by atoms with Gasteiger partial charge in [-0.1, -0.05) is 36.4 Å². The number of fused-ring (bicyclic) bond motifs is 1. The number of primary amides is 1. The van der Waals surface area contributed by atoms with E-state index in [1.165, 1.54) is 0 Å². The lowest BCUT2D eigenvalue weighted by atomic mass is 10.0. The maximum Gasteiger partial charge on any atom is 0.254 e. The maximum atomic E-state index is 12.7. The Morgan fingerprint density at radius 2 is 1.88 bits per heavy atom. The van der Waals surface area contributed by atoms with Crippen LogP contribution in [-0.2, 0) is 11.2 Å². The minimum atomic E-state index is -0.863. The predicted octanol–water partition coefficient (Wildman–Crippen LogP) is 2.07. The van der Waals surface area contributed by atoms with Gasteiger partial charge in [0.05, 0.1) is 18.2 Å². The summed E-state index contributed by atoms with van der Waals surface area (Å²) in [5, 5.41) is 3.56. The Labute approximate surface area is 151 Å². The van der Waals surface area contributed by atoms with E-state index < -0.39 is 17.9 Å². The number of para-hydroxylation sites is 2. The van der Waals surface area contributed by atoms with E-state index in [-0.39, 0.29) is 6.42 Å². The number of aromatic nitrogens is 1. The van der Waals surface area contributed by atoms with Gasteiger partial charge in [0, 0.05) is 18.0 Å². The molecule has 1 atom stereocenters. The van der Waals surface area contributed by atoms with Crippen LogP contribution in [0.4, 0.5) is 0 Å². The first kappa shape index (κ1) is 17.4. The Morgan fingerprint density at radius 3 is 2.65 bits per heavy atom. The third kappa shape index (κ3) is 3.64. The molecule has 3 N–H and O–H groups in total. The number of methoxy groups -OCH3 is 1. The zero-order valence-corrected chi connectivity index (χ0v) is 14.3. The molecule has 0 aliphatic carbocycles. The van der Waals surface area contributed by atoms with E-state index in [1.807, 2.05) is 30.3 Å². The molecule has 0 aliphatic rings. The lowest BCUT2D eigenvalue weighted by Crippen LogP contribution is -2.46. The van der Waals surface area contributed by atoms with Crippen LogP contribution in [0, 0.1) is 0 Å². The molecular formula is C20H19N3O3. The number of pyridine rings is 1. The van der Waals surface area contributed by atoms with Gasteiger partial charge < -0.3 is 15.8 Å². The molecule has 2 aromatic carbocycles. The smallest absolute Gasteiger partial charge is 0.254 e. The van der Waals surface area contributed by atoms with E-state index in [9.17, 15) is 9.59 Å². The summed E-state index contributed by atoms with van der Waals surface area (Å²) >= 11 is 0. The molecule has 0 saturated heterocycles. The number of amides is 2. The minimum Gasteiger partial charge on any atom is -0.496 e. The Hall–Kier alpha value is -3.41. The number of rotatable bonds is 6. The number of ether oxygens (including phenoxy) is 1. The predicted molar refractivity (Wildman–Crippen MR) is 98.9 cm³/mol. The Bertz CT molecular complexity index is 950. The van der Waals surface area contributed by atoms with Crippen molar-refractivity contribution in [1.29, 1.82) is 0 Å². The van der Waals surface area contributed by atoms with Crippen molar-refractivity contribution >= 4 is 22.7 Å². The highest BCUT2D eigenvalue weighted by atomic mass is 16.5. The largest absolute Gasteiger partial charge is 0.496 e. The normalized spacial score (nSPS) is 11.7. The average Bonchev–Trinajstić information content (AvgIpc) is 2.67. The van der Waals surface area contributed by atoms with Crippen LogP contribution in [0.25, 0.3) is 10.9 Å². The number of nitrogens with zero attached hydrogens (tertiary/aromatic N) is 1. The standard InChI is InChI=1S/C20H19N3O3/c1-26-17-10-3-2-6-14(17)12-16(19(21)24)23-20(25)15-9-4-7-13-8-5-11-22-18(13)15/h2-11,16H,12H2,1H3,(H2,21,24)(H,23,25)/t16-/m0/s1. The van der Waals surface area contributed by atoms with Crippen LogP contribution in [0.1, 0.15) is 15.9 Å². The van der Waals surface area contributed by atoms with E-state index in [1.54, 1.807) is 37.6 Å². The molecule has 2 amide bonds. The zero-order chi connectivity index (χ0) is 18.5. The number of nitrogens with two attached hydrogens (primary N) is 1. The van der Waals surface area contributed by atoms with E-state index in [0.29, 0.717) is 16.8 Å². The highest BCUT2D eigenvalue weighted by Gasteiger charge is 2.22. The van der Waals surface area contributed by atoms with Crippen molar-refractivity contribution < 1.29 is 14.3 Å². The van der Waals surface area contributed by atoms with Crippen molar-refractivity contribution in [2.24, 2.45) is 5.73 Å². The Kier molecular flexibility index (Phi) is 5.12. The maximum absolute atomic E-state index is 12.7. The topological polar surface area (TPSA) is 94.3 Å². The quantitative estimate of drug-likeness (QED) is 0.712. The van der Waals surface area contributed by atoms with E-state index in [0.717, 1.165) is 10.9 Å². The first-order chi connectivity index (χ1) is 12.6. The number of hydrogen-bond donors (Lipinski definition) is 2. The van der Waals surface area contributed by atoms with Gasteiger partial charge in [-0.3, -0.25) is 14.6 Å². The van der Waals surface area contributed by atoms with Crippen LogP contribution in [0.15, 0.2) is 60.8 Å². The summed E-state index contributed by atoms with van der Waals surface area (Å²) < 4.78 is 5.30. The summed E-state index contributed by atoms with van der Waals surface area (Å²) in [6.07, 6.45) is 1.86. The molecule has 6 heteroatoms. The molecule has 0 fully saturated rings. The molecule has 0 aliphatic heterocycles. The first-order valence-corrected chi connectivity index (χ1v) is 8.16. The van der Waals surface area contributed by atoms with Crippen molar-refractivity contribution in [2.75, 3.05) is 7.11 Å². The van der Waals surface area contributed by atoms with Gasteiger partial charge in [0.1, 0.15) is 11.8 Å². The van der Waals surface area contributed by atoms with Crippen molar-refractivity contribution in [2.45, 2.75) is 12.5 Å². The second-order valence-corrected chi connectivity index (χ2v) is 5.83. The van der Waals surface area contributed by atoms with Gasteiger partial charge in [-0.15, -0.1) is 0 Å². The average molecular weight is 349 g/mol. The Morgan fingerprint density at radius 1 is 1.12 bits per heavy atom. The summed E-state index contributed by atoms with van der Waals surface area (Å²) in [7, 11) is 1.55. The lowest BCUT2D eigenvalue weighted by Gasteiger charge is -2.17. The van der Waals surface area contributed by atoms with Crippen LogP contribution in [0.5, 0.6) is 5.75 Å². The van der Waals surface area contributed by atoms with Gasteiger partial charge in [0.15, 0.2) is 0 Å². The zero-order valence-electron chi connectivity index (χ0n) is 14.3. The van der Waals surface area contributed by atoms with Crippen molar-refractivity contribution in [3.05, 3.63) is 71.9 Å². The third-order valence-electron chi connectivity index (χ3n) is 4.14. The van der Waals surface area contributed by atoms with E-state index in [4.69, 9.17) is 10.5 Å². The number of hydrogen-bond acceptors (Lipinski definition) is 4. The summed E-state index contributed by atoms with van der Waals surface area (Å²) in [6, 6.07) is 15.4. The summed E-state index contributed by atoms with van der Waals surface area (Å²) in [6.45, 7) is 0. The fourth-order valence-corrected chi connectivity index (χ4v) is 2.84. The van der Waals surface area contributed by atoms with Crippen LogP contribution in [0.2, 0.25) is 0 Å². The molecule has 3 aromatic rings. The molecule has 3 rings (SSSR count). The summed E-state index contributed by atoms with van der Waals surface area (Å²) in [5.74, 6) is -0.370. The lowest BCUT2D eigenvalue weighted by molar-refractivity contribution is -0.119. The molecule has 1 heterocycles. The number of carbonyl (C=O) groups excluding carboxylic acids is 2. The molecule has 1 aromatic heterocycles. The summed E-state index contributed by atoms with van der Waals surface area (Å²) in [4.78, 5) is 28.9.